The molecule has 0 spiro atoms. The molecule has 3 heterocycles. The average Bonchev–Trinajstić information content (AvgIpc) is 3.35. The first-order valence-electron chi connectivity index (χ1n) is 8.90. The molecule has 0 bridgehead atoms. The second-order valence-corrected chi connectivity index (χ2v) is 7.40. The maximum Gasteiger partial charge on any atom is 0.147 e. The van der Waals surface area contributed by atoms with E-state index in [0.717, 1.165) is 28.8 Å². The van der Waals surface area contributed by atoms with E-state index in [9.17, 15) is 5.26 Å². The van der Waals surface area contributed by atoms with E-state index in [1.165, 1.54) is 18.3 Å². The maximum absolute atomic E-state index is 9.19. The predicted molar refractivity (Wildman–Crippen MR) is 107 cm³/mol. The third kappa shape index (κ3) is 3.62. The van der Waals surface area contributed by atoms with Crippen molar-refractivity contribution in [2.45, 2.75) is 30.1 Å². The van der Waals surface area contributed by atoms with Crippen LogP contribution >= 0.6 is 11.9 Å². The molecule has 2 unspecified atom stereocenters. The van der Waals surface area contributed by atoms with Crippen LogP contribution in [0.1, 0.15) is 24.6 Å². The van der Waals surface area contributed by atoms with Crippen molar-refractivity contribution in [1.29, 1.82) is 5.26 Å². The molecule has 2 atom stereocenters. The van der Waals surface area contributed by atoms with Crippen LogP contribution in [0.2, 0.25) is 0 Å². The summed E-state index contributed by atoms with van der Waals surface area (Å²) in [5, 5.41) is 10.0. The van der Waals surface area contributed by atoms with Gasteiger partial charge in [0, 0.05) is 17.6 Å². The molecule has 28 heavy (non-hydrogen) atoms. The van der Waals surface area contributed by atoms with Crippen molar-refractivity contribution in [2.75, 3.05) is 19.4 Å². The summed E-state index contributed by atoms with van der Waals surface area (Å²) in [6, 6.07) is 9.60. The van der Waals surface area contributed by atoms with Crippen molar-refractivity contribution >= 4 is 28.8 Å². The molecule has 0 saturated carbocycles. The summed E-state index contributed by atoms with van der Waals surface area (Å²) in [7, 11) is 1.56. The fraction of sp³-hybridized carbons (Fsp3) is 0.316. The molecular formula is C19H20N6O2S. The lowest BCUT2D eigenvalue weighted by atomic mass is 10.2. The van der Waals surface area contributed by atoms with Gasteiger partial charge >= 0.3 is 0 Å². The second kappa shape index (κ2) is 8.06. The topological polar surface area (TPSA) is 111 Å². The highest BCUT2D eigenvalue weighted by molar-refractivity contribution is 7.97. The van der Waals surface area contributed by atoms with E-state index in [4.69, 9.17) is 15.2 Å². The largest absolute Gasteiger partial charge is 0.495 e. The number of aromatic nitrogens is 3. The Kier molecular flexibility index (Phi) is 5.34. The van der Waals surface area contributed by atoms with E-state index in [1.807, 2.05) is 29.0 Å². The van der Waals surface area contributed by atoms with Crippen molar-refractivity contribution in [2.24, 2.45) is 0 Å². The second-order valence-electron chi connectivity index (χ2n) is 6.43. The van der Waals surface area contributed by atoms with Gasteiger partial charge in [0.1, 0.15) is 35.8 Å². The number of ether oxygens (including phenoxy) is 2. The monoisotopic (exact) mass is 396 g/mol. The molecule has 9 heteroatoms. The summed E-state index contributed by atoms with van der Waals surface area (Å²) >= 11 is 1.48. The van der Waals surface area contributed by atoms with E-state index in [-0.39, 0.29) is 12.3 Å². The van der Waals surface area contributed by atoms with Crippen LogP contribution < -0.4 is 15.2 Å². The predicted octanol–water partition coefficient (Wildman–Crippen LogP) is 2.87. The minimum atomic E-state index is -0.0604. The van der Waals surface area contributed by atoms with Gasteiger partial charge in [-0.15, -0.1) is 0 Å². The highest BCUT2D eigenvalue weighted by Crippen LogP contribution is 2.32. The number of hydrogen-bond donors (Lipinski definition) is 2. The Hall–Kier alpha value is -2.80. The Morgan fingerprint density at radius 1 is 1.39 bits per heavy atom. The normalized spacial score (nSPS) is 19.0. The highest BCUT2D eigenvalue weighted by atomic mass is 32.2. The molecule has 3 N–H and O–H groups in total. The molecule has 1 aromatic carbocycles. The molecule has 8 nitrogen and oxygen atoms in total. The average molecular weight is 396 g/mol. The standard InChI is InChI=1S/C19H20N6O2S/c1-26-16-4-3-14(8-12(16)9-20)28-24-10-13-2-5-17(27-13)25-7-6-15-18(21)22-11-23-19(15)25/h3-4,6-8,11,13,17,24H,2,5,10H2,1H3,(H2,21,22,23). The number of nitrogens with zero attached hydrogens (tertiary/aromatic N) is 4. The van der Waals surface area contributed by atoms with E-state index in [2.05, 4.69) is 20.8 Å². The Labute approximate surface area is 166 Å². The third-order valence-electron chi connectivity index (χ3n) is 4.73. The zero-order chi connectivity index (χ0) is 19.5. The van der Waals surface area contributed by atoms with Gasteiger partial charge in [-0.1, -0.05) is 0 Å². The van der Waals surface area contributed by atoms with Gasteiger partial charge < -0.3 is 19.8 Å². The van der Waals surface area contributed by atoms with Gasteiger partial charge in [-0.3, -0.25) is 4.72 Å². The highest BCUT2D eigenvalue weighted by Gasteiger charge is 2.27. The lowest BCUT2D eigenvalue weighted by Gasteiger charge is -2.16. The molecule has 0 aliphatic carbocycles. The number of nitrogens with two attached hydrogens (primary N) is 1. The Morgan fingerprint density at radius 2 is 2.29 bits per heavy atom. The van der Waals surface area contributed by atoms with Gasteiger partial charge in [0.15, 0.2) is 0 Å². The fourth-order valence-corrected chi connectivity index (χ4v) is 4.07. The van der Waals surface area contributed by atoms with E-state index >= 15 is 0 Å². The molecule has 144 valence electrons. The molecule has 3 aromatic rings. The van der Waals surface area contributed by atoms with Crippen LogP contribution in [0.4, 0.5) is 5.82 Å². The van der Waals surface area contributed by atoms with Gasteiger partial charge in [-0.2, -0.15) is 5.26 Å². The summed E-state index contributed by atoms with van der Waals surface area (Å²) in [6.45, 7) is 0.700. The van der Waals surface area contributed by atoms with Crippen molar-refractivity contribution in [3.63, 3.8) is 0 Å². The number of anilines is 1. The van der Waals surface area contributed by atoms with Crippen molar-refractivity contribution in [3.05, 3.63) is 42.4 Å². The van der Waals surface area contributed by atoms with Crippen LogP contribution in [0.15, 0.2) is 41.7 Å². The minimum Gasteiger partial charge on any atom is -0.495 e. The summed E-state index contributed by atoms with van der Waals surface area (Å²) in [5.41, 5.74) is 7.22. The van der Waals surface area contributed by atoms with Crippen LogP contribution in [-0.4, -0.2) is 34.3 Å². The summed E-state index contributed by atoms with van der Waals surface area (Å²) in [4.78, 5) is 9.32. The van der Waals surface area contributed by atoms with Crippen molar-refractivity contribution in [1.82, 2.24) is 19.3 Å². The quantitative estimate of drug-likeness (QED) is 0.612. The first-order valence-corrected chi connectivity index (χ1v) is 9.71. The van der Waals surface area contributed by atoms with Crippen LogP contribution in [-0.2, 0) is 4.74 Å². The number of nitrogen functional groups attached to an aromatic ring is 1. The number of nitrogens with one attached hydrogen (secondary N) is 1. The number of nitriles is 1. The molecular weight excluding hydrogens is 376 g/mol. The van der Waals surface area contributed by atoms with Crippen molar-refractivity contribution in [3.8, 4) is 11.8 Å². The van der Waals surface area contributed by atoms with Gasteiger partial charge in [-0.25, -0.2) is 9.97 Å². The van der Waals surface area contributed by atoms with Crippen LogP contribution in [0, 0.1) is 11.3 Å². The van der Waals surface area contributed by atoms with Gasteiger partial charge in [-0.05, 0) is 49.1 Å². The van der Waals surface area contributed by atoms with E-state index in [0.29, 0.717) is 23.7 Å². The first-order chi connectivity index (χ1) is 13.7. The minimum absolute atomic E-state index is 0.0604. The Balaban J connectivity index is 1.34. The molecule has 4 rings (SSSR count). The lowest BCUT2D eigenvalue weighted by Crippen LogP contribution is -2.22. The molecule has 0 radical (unpaired) electrons. The third-order valence-corrected chi connectivity index (χ3v) is 5.53. The zero-order valence-corrected chi connectivity index (χ0v) is 16.1. The maximum atomic E-state index is 9.19. The van der Waals surface area contributed by atoms with Crippen LogP contribution in [0.3, 0.4) is 0 Å². The van der Waals surface area contributed by atoms with E-state index in [1.54, 1.807) is 13.2 Å². The molecule has 2 aromatic heterocycles. The number of fused-ring (bicyclic) bond motifs is 1. The van der Waals surface area contributed by atoms with Gasteiger partial charge in [0.25, 0.3) is 0 Å². The molecule has 1 aliphatic heterocycles. The summed E-state index contributed by atoms with van der Waals surface area (Å²) < 4.78 is 16.7. The number of methoxy groups -OCH3 is 1. The lowest BCUT2D eigenvalue weighted by molar-refractivity contribution is 0.00771. The Bertz CT molecular complexity index is 1030. The number of hydrogen-bond acceptors (Lipinski definition) is 8. The molecule has 1 fully saturated rings. The van der Waals surface area contributed by atoms with Gasteiger partial charge in [0.2, 0.25) is 0 Å². The molecule has 1 saturated heterocycles. The SMILES string of the molecule is COc1ccc(SNCC2CCC(n3ccc4c(N)ncnc43)O2)cc1C#N. The smallest absolute Gasteiger partial charge is 0.147 e. The van der Waals surface area contributed by atoms with Crippen LogP contribution in [0.25, 0.3) is 11.0 Å². The van der Waals surface area contributed by atoms with Gasteiger partial charge in [0.05, 0.1) is 24.2 Å². The van der Waals surface area contributed by atoms with E-state index < -0.39 is 0 Å². The Morgan fingerprint density at radius 3 is 3.11 bits per heavy atom. The number of rotatable bonds is 6. The summed E-state index contributed by atoms with van der Waals surface area (Å²) in [5.74, 6) is 1.06. The first kappa shape index (κ1) is 18.6. The summed E-state index contributed by atoms with van der Waals surface area (Å²) in [6.07, 6.45) is 5.32. The number of benzene rings is 1. The zero-order valence-electron chi connectivity index (χ0n) is 15.3. The fourth-order valence-electron chi connectivity index (χ4n) is 3.32. The van der Waals surface area contributed by atoms with Crippen LogP contribution in [0.5, 0.6) is 5.75 Å². The molecule has 1 aliphatic rings. The molecule has 0 amide bonds. The van der Waals surface area contributed by atoms with Crippen molar-refractivity contribution < 1.29 is 9.47 Å².